The normalized spacial score (nSPS) is 9.60. The molecule has 26 valence electrons. The average molecular weight is 103 g/mol. The van der Waals surface area contributed by atoms with Crippen molar-refractivity contribution < 1.29 is 0 Å². The van der Waals surface area contributed by atoms with Gasteiger partial charge in [-0.3, -0.25) is 0 Å². The first kappa shape index (κ1) is 3.26. The molecule has 0 aromatic carbocycles. The minimum absolute atomic E-state index is 1.12. The van der Waals surface area contributed by atoms with Crippen LogP contribution in [0.1, 0.15) is 0 Å². The van der Waals surface area contributed by atoms with Crippen LogP contribution in [0, 0.1) is 0 Å². The highest BCUT2D eigenvalue weighted by molar-refractivity contribution is 7.77. The van der Waals surface area contributed by atoms with Crippen molar-refractivity contribution in [2.75, 3.05) is 0 Å². The lowest BCUT2D eigenvalue weighted by Crippen LogP contribution is -1.30. The maximum Gasteiger partial charge on any atom is 0.104 e. The van der Waals surface area contributed by atoms with E-state index in [0.29, 0.717) is 0 Å². The van der Waals surface area contributed by atoms with E-state index in [-0.39, 0.29) is 0 Å². The van der Waals surface area contributed by atoms with E-state index in [9.17, 15) is 0 Å². The Balaban J connectivity index is 3.13. The van der Waals surface area contributed by atoms with Crippen LogP contribution in [0.3, 0.4) is 0 Å². The molecule has 0 spiro atoms. The number of hydrogen-bond donors (Lipinski definition) is 0. The molecular formula is C2H2NPS. The van der Waals surface area contributed by atoms with E-state index in [1.807, 2.05) is 11.6 Å². The summed E-state index contributed by atoms with van der Waals surface area (Å²) < 4.78 is 3.84. The summed E-state index contributed by atoms with van der Waals surface area (Å²) in [7, 11) is 2.82. The Morgan fingerprint density at radius 2 is 2.80 bits per heavy atom. The Hall–Kier alpha value is 0.0600. The third-order valence-corrected chi connectivity index (χ3v) is 1.78. The van der Waals surface area contributed by atoms with Crippen molar-refractivity contribution in [1.29, 1.82) is 0 Å². The summed E-state index contributed by atoms with van der Waals surface area (Å²) in [4.78, 5) is 0. The van der Waals surface area contributed by atoms with Crippen LogP contribution in [0.2, 0.25) is 0 Å². The fourth-order valence-corrected chi connectivity index (χ4v) is 1.22. The molecule has 0 amide bonds. The second-order valence-electron chi connectivity index (χ2n) is 0.588. The molecule has 1 heterocycles. The van der Waals surface area contributed by atoms with Crippen molar-refractivity contribution in [2.45, 2.75) is 0 Å². The van der Waals surface area contributed by atoms with Gasteiger partial charge in [0.05, 0.1) is 0 Å². The third kappa shape index (κ3) is 0.673. The number of nitrogens with zero attached hydrogens (tertiary/aromatic N) is 1. The van der Waals surface area contributed by atoms with E-state index in [2.05, 4.69) is 4.75 Å². The van der Waals surface area contributed by atoms with Gasteiger partial charge in [0.15, 0.2) is 0 Å². The average Bonchev–Trinajstić information content (AvgIpc) is 1.76. The second-order valence-corrected chi connectivity index (χ2v) is 2.59. The lowest BCUT2D eigenvalue weighted by atomic mass is 11.1. The molecule has 0 radical (unpaired) electrons. The minimum atomic E-state index is 1.12. The van der Waals surface area contributed by atoms with Crippen molar-refractivity contribution in [3.8, 4) is 0 Å². The first-order valence-electron chi connectivity index (χ1n) is 1.21. The zero-order valence-electron chi connectivity index (χ0n) is 2.46. The fraction of sp³-hybridized carbons (Fsp3) is 0. The molecule has 0 bridgehead atoms. The highest BCUT2D eigenvalue weighted by Crippen LogP contribution is 2.04. The van der Waals surface area contributed by atoms with Crippen LogP contribution in [-0.4, -0.2) is 4.75 Å². The second kappa shape index (κ2) is 1.48. The van der Waals surface area contributed by atoms with Gasteiger partial charge in [-0.2, -0.15) is 0 Å². The van der Waals surface area contributed by atoms with Gasteiger partial charge >= 0.3 is 0 Å². The molecule has 1 rings (SSSR count). The molecule has 5 heavy (non-hydrogen) atoms. The number of rotatable bonds is 0. The first-order chi connectivity index (χ1) is 2.50. The zero-order valence-corrected chi connectivity index (χ0v) is 4.17. The van der Waals surface area contributed by atoms with E-state index < -0.39 is 0 Å². The summed E-state index contributed by atoms with van der Waals surface area (Å²) in [5.41, 5.74) is 0. The van der Waals surface area contributed by atoms with Crippen LogP contribution in [0.25, 0.3) is 0 Å². The summed E-state index contributed by atoms with van der Waals surface area (Å²) in [5.74, 6) is 0. The van der Waals surface area contributed by atoms with Crippen molar-refractivity contribution in [1.82, 2.24) is 4.75 Å². The third-order valence-electron chi connectivity index (χ3n) is 0.283. The van der Waals surface area contributed by atoms with Crippen molar-refractivity contribution in [3.63, 3.8) is 0 Å². The van der Waals surface area contributed by atoms with Crippen LogP contribution in [0.4, 0.5) is 0 Å². The summed E-state index contributed by atoms with van der Waals surface area (Å²) in [6.45, 7) is 0. The molecule has 3 heteroatoms. The van der Waals surface area contributed by atoms with E-state index in [4.69, 9.17) is 0 Å². The van der Waals surface area contributed by atoms with Crippen LogP contribution < -0.4 is 0 Å². The minimum Gasteiger partial charge on any atom is -0.224 e. The Kier molecular flexibility index (Phi) is 0.967. The van der Waals surface area contributed by atoms with Gasteiger partial charge in [-0.05, 0) is 0 Å². The van der Waals surface area contributed by atoms with E-state index >= 15 is 0 Å². The van der Waals surface area contributed by atoms with Crippen molar-refractivity contribution >= 4 is 18.5 Å². The van der Waals surface area contributed by atoms with Gasteiger partial charge < -0.3 is 0 Å². The van der Waals surface area contributed by atoms with Crippen LogP contribution >= 0.6 is 18.5 Å². The fourth-order valence-electron chi connectivity index (χ4n) is 0.136. The quantitative estimate of drug-likeness (QED) is 0.487. The zero-order chi connectivity index (χ0) is 3.54. The van der Waals surface area contributed by atoms with Gasteiger partial charge in [0.1, 0.15) is 7.53 Å². The van der Waals surface area contributed by atoms with Gasteiger partial charge in [-0.25, -0.2) is 4.75 Å². The molecule has 1 aromatic rings. The van der Waals surface area contributed by atoms with E-state index in [1.54, 1.807) is 10.9 Å². The molecule has 0 aliphatic rings. The molecule has 0 aliphatic carbocycles. The SMILES string of the molecule is c1cspn1. The highest BCUT2D eigenvalue weighted by Gasteiger charge is 1.61. The Morgan fingerprint density at radius 3 is 3.00 bits per heavy atom. The number of aromatic nitrogens is 1. The lowest BCUT2D eigenvalue weighted by molar-refractivity contribution is 1.59. The monoisotopic (exact) mass is 103 g/mol. The summed E-state index contributed by atoms with van der Waals surface area (Å²) >= 11 is 0. The molecule has 0 N–H and O–H groups in total. The summed E-state index contributed by atoms with van der Waals surface area (Å²) in [6.07, 6.45) is 1.81. The molecule has 0 atom stereocenters. The first-order valence-corrected chi connectivity index (χ1v) is 3.54. The van der Waals surface area contributed by atoms with Gasteiger partial charge in [0.25, 0.3) is 0 Å². The maximum absolute atomic E-state index is 3.84. The maximum atomic E-state index is 3.84. The predicted octanol–water partition coefficient (Wildman–Crippen LogP) is 1.72. The molecule has 0 saturated carbocycles. The predicted molar refractivity (Wildman–Crippen MR) is 24.6 cm³/mol. The van der Waals surface area contributed by atoms with Gasteiger partial charge in [-0.15, -0.1) is 0 Å². The van der Waals surface area contributed by atoms with Gasteiger partial charge in [0.2, 0.25) is 0 Å². The van der Waals surface area contributed by atoms with Gasteiger partial charge in [0, 0.05) is 11.6 Å². The Morgan fingerprint density at radius 1 is 1.80 bits per heavy atom. The summed E-state index contributed by atoms with van der Waals surface area (Å²) in [5, 5.41) is 1.97. The van der Waals surface area contributed by atoms with E-state index in [1.165, 1.54) is 0 Å². The van der Waals surface area contributed by atoms with Crippen LogP contribution in [0.15, 0.2) is 11.6 Å². The molecule has 1 nitrogen and oxygen atoms in total. The smallest absolute Gasteiger partial charge is 0.104 e. The van der Waals surface area contributed by atoms with Crippen LogP contribution in [-0.2, 0) is 0 Å². The van der Waals surface area contributed by atoms with E-state index in [0.717, 1.165) is 7.53 Å². The molecule has 0 saturated heterocycles. The topological polar surface area (TPSA) is 12.9 Å². The van der Waals surface area contributed by atoms with Crippen molar-refractivity contribution in [2.24, 2.45) is 0 Å². The van der Waals surface area contributed by atoms with Crippen molar-refractivity contribution in [3.05, 3.63) is 11.6 Å². The molecule has 0 aliphatic heterocycles. The van der Waals surface area contributed by atoms with Crippen LogP contribution in [0.5, 0.6) is 0 Å². The molecular weight excluding hydrogens is 101 g/mol. The highest BCUT2D eigenvalue weighted by atomic mass is 32.5. The standard InChI is InChI=1S/C2H2NPS/c1-2-5-4-3-1/h1-2H. The lowest BCUT2D eigenvalue weighted by Gasteiger charge is -1.38. The van der Waals surface area contributed by atoms with Gasteiger partial charge in [-0.1, -0.05) is 10.9 Å². The molecule has 1 aromatic heterocycles. The molecule has 0 unspecified atom stereocenters. The largest absolute Gasteiger partial charge is 0.224 e. The number of hydrogen-bond acceptors (Lipinski definition) is 2. The Bertz CT molecular complexity index is 66.1. The Labute approximate surface area is 35.6 Å². The molecule has 0 fully saturated rings. The summed E-state index contributed by atoms with van der Waals surface area (Å²) in [6, 6.07) is 0.